The monoisotopic (exact) mass is 227 g/mol. The second-order valence-corrected chi connectivity index (χ2v) is 4.81. The summed E-state index contributed by atoms with van der Waals surface area (Å²) in [7, 11) is 1.63. The number of aromatic amines is 1. The van der Waals surface area contributed by atoms with Crippen molar-refractivity contribution in [3.63, 3.8) is 0 Å². The van der Waals surface area contributed by atoms with Crippen LogP contribution < -0.4 is 5.32 Å². The van der Waals surface area contributed by atoms with Gasteiger partial charge >= 0.3 is 0 Å². The zero-order valence-corrected chi connectivity index (χ0v) is 10.4. The van der Waals surface area contributed by atoms with Crippen molar-refractivity contribution >= 4 is 18.0 Å². The molecule has 0 aromatic carbocycles. The number of ether oxygens (including phenoxy) is 1. The normalized spacial score (nSPS) is 11.5. The van der Waals surface area contributed by atoms with Crippen molar-refractivity contribution in [1.29, 1.82) is 0 Å². The molecule has 1 rings (SSSR count). The Morgan fingerprint density at radius 3 is 2.73 bits per heavy atom. The molecule has 1 heterocycles. The molecule has 1 aromatic rings. The number of hydrogen-bond acceptors (Lipinski definition) is 4. The zero-order valence-electron chi connectivity index (χ0n) is 9.55. The average Bonchev–Trinajstić information content (AvgIpc) is 1.99. The van der Waals surface area contributed by atoms with E-state index >= 15 is 0 Å². The average molecular weight is 227 g/mol. The molecule has 4 nitrogen and oxygen atoms in total. The third kappa shape index (κ3) is 4.40. The maximum Gasteiger partial charge on any atom is 0.135 e. The van der Waals surface area contributed by atoms with Gasteiger partial charge < -0.3 is 15.0 Å². The van der Waals surface area contributed by atoms with Crippen molar-refractivity contribution in [1.82, 2.24) is 9.97 Å². The van der Waals surface area contributed by atoms with Gasteiger partial charge in [-0.05, 0) is 20.8 Å². The van der Waals surface area contributed by atoms with Crippen molar-refractivity contribution in [3.8, 4) is 0 Å². The number of rotatable bonds is 3. The number of hydrogen-bond donors (Lipinski definition) is 2. The summed E-state index contributed by atoms with van der Waals surface area (Å²) >= 11 is 5.06. The SMILES string of the molecule is COCc1nc(=S)cc(NC(C)(C)C)[nH]1. The Labute approximate surface area is 95.1 Å². The summed E-state index contributed by atoms with van der Waals surface area (Å²) in [6, 6.07) is 1.81. The first kappa shape index (κ1) is 12.1. The zero-order chi connectivity index (χ0) is 11.5. The molecule has 5 heteroatoms. The van der Waals surface area contributed by atoms with Crippen LogP contribution in [-0.2, 0) is 11.3 Å². The largest absolute Gasteiger partial charge is 0.377 e. The fourth-order valence-electron chi connectivity index (χ4n) is 1.18. The van der Waals surface area contributed by atoms with Crippen LogP contribution in [-0.4, -0.2) is 22.6 Å². The molecule has 0 amide bonds. The fraction of sp³-hybridized carbons (Fsp3) is 0.600. The molecule has 0 aliphatic rings. The highest BCUT2D eigenvalue weighted by atomic mass is 32.1. The van der Waals surface area contributed by atoms with E-state index < -0.39 is 0 Å². The number of aromatic nitrogens is 2. The topological polar surface area (TPSA) is 49.9 Å². The smallest absolute Gasteiger partial charge is 0.135 e. The molecule has 0 saturated carbocycles. The number of H-pyrrole nitrogens is 1. The van der Waals surface area contributed by atoms with E-state index in [1.54, 1.807) is 13.2 Å². The van der Waals surface area contributed by atoms with Crippen LogP contribution in [0.2, 0.25) is 0 Å². The number of methoxy groups -OCH3 is 1. The number of nitrogens with one attached hydrogen (secondary N) is 2. The maximum atomic E-state index is 5.06. The Morgan fingerprint density at radius 1 is 1.53 bits per heavy atom. The Bertz CT molecular complexity index is 381. The molecular formula is C10H17N3OS. The summed E-state index contributed by atoms with van der Waals surface area (Å²) in [6.07, 6.45) is 0. The van der Waals surface area contributed by atoms with E-state index in [1.165, 1.54) is 0 Å². The molecule has 0 aliphatic carbocycles. The van der Waals surface area contributed by atoms with Gasteiger partial charge in [0.15, 0.2) is 0 Å². The minimum absolute atomic E-state index is 0.00995. The van der Waals surface area contributed by atoms with Crippen molar-refractivity contribution in [2.75, 3.05) is 12.4 Å². The first-order valence-electron chi connectivity index (χ1n) is 4.78. The van der Waals surface area contributed by atoms with Crippen LogP contribution in [0, 0.1) is 4.64 Å². The molecule has 15 heavy (non-hydrogen) atoms. The molecule has 84 valence electrons. The number of nitrogens with zero attached hydrogens (tertiary/aromatic N) is 1. The molecule has 0 fully saturated rings. The Hall–Kier alpha value is -0.940. The summed E-state index contributed by atoms with van der Waals surface area (Å²) in [5, 5.41) is 3.30. The quantitative estimate of drug-likeness (QED) is 0.779. The van der Waals surface area contributed by atoms with Gasteiger partial charge in [0.2, 0.25) is 0 Å². The molecular weight excluding hydrogens is 210 g/mol. The highest BCUT2D eigenvalue weighted by Crippen LogP contribution is 2.12. The summed E-state index contributed by atoms with van der Waals surface area (Å²) in [4.78, 5) is 7.28. The van der Waals surface area contributed by atoms with Crippen molar-refractivity contribution in [3.05, 3.63) is 16.5 Å². The highest BCUT2D eigenvalue weighted by molar-refractivity contribution is 7.71. The van der Waals surface area contributed by atoms with Gasteiger partial charge in [0.05, 0.1) is 0 Å². The van der Waals surface area contributed by atoms with Crippen molar-refractivity contribution < 1.29 is 4.74 Å². The fourth-order valence-corrected chi connectivity index (χ4v) is 1.41. The molecule has 0 radical (unpaired) electrons. The first-order chi connectivity index (χ1) is 6.90. The lowest BCUT2D eigenvalue weighted by atomic mass is 10.1. The van der Waals surface area contributed by atoms with Gasteiger partial charge in [-0.15, -0.1) is 0 Å². The molecule has 0 atom stereocenters. The first-order valence-corrected chi connectivity index (χ1v) is 5.19. The lowest BCUT2D eigenvalue weighted by Crippen LogP contribution is -2.27. The Balaban J connectivity index is 2.94. The van der Waals surface area contributed by atoms with E-state index in [0.717, 1.165) is 11.6 Å². The molecule has 0 spiro atoms. The van der Waals surface area contributed by atoms with E-state index in [0.29, 0.717) is 11.2 Å². The molecule has 0 bridgehead atoms. The maximum absolute atomic E-state index is 5.06. The summed E-state index contributed by atoms with van der Waals surface area (Å²) < 4.78 is 5.56. The van der Waals surface area contributed by atoms with Gasteiger partial charge in [0.25, 0.3) is 0 Å². The van der Waals surface area contributed by atoms with Crippen molar-refractivity contribution in [2.45, 2.75) is 32.9 Å². The predicted molar refractivity (Wildman–Crippen MR) is 63.5 cm³/mol. The summed E-state index contributed by atoms with van der Waals surface area (Å²) in [5.41, 5.74) is -0.00995. The van der Waals surface area contributed by atoms with Gasteiger partial charge in [0.1, 0.15) is 22.9 Å². The van der Waals surface area contributed by atoms with E-state index in [-0.39, 0.29) is 5.54 Å². The summed E-state index contributed by atoms with van der Waals surface area (Å²) in [5.74, 6) is 1.60. The molecule has 2 N–H and O–H groups in total. The van der Waals surface area contributed by atoms with E-state index in [4.69, 9.17) is 17.0 Å². The minimum atomic E-state index is -0.00995. The van der Waals surface area contributed by atoms with E-state index in [2.05, 4.69) is 36.1 Å². The van der Waals surface area contributed by atoms with E-state index in [9.17, 15) is 0 Å². The molecule has 0 unspecified atom stereocenters. The highest BCUT2D eigenvalue weighted by Gasteiger charge is 2.10. The third-order valence-corrected chi connectivity index (χ3v) is 1.79. The minimum Gasteiger partial charge on any atom is -0.377 e. The van der Waals surface area contributed by atoms with Crippen LogP contribution in [0.4, 0.5) is 5.82 Å². The van der Waals surface area contributed by atoms with Crippen LogP contribution in [0.25, 0.3) is 0 Å². The van der Waals surface area contributed by atoms with Crippen LogP contribution in [0.15, 0.2) is 6.07 Å². The van der Waals surface area contributed by atoms with Gasteiger partial charge in [0, 0.05) is 18.7 Å². The van der Waals surface area contributed by atoms with Crippen LogP contribution in [0.5, 0.6) is 0 Å². The van der Waals surface area contributed by atoms with Gasteiger partial charge in [-0.1, -0.05) is 12.2 Å². The summed E-state index contributed by atoms with van der Waals surface area (Å²) in [6.45, 7) is 6.68. The van der Waals surface area contributed by atoms with Gasteiger partial charge in [-0.2, -0.15) is 0 Å². The predicted octanol–water partition coefficient (Wildman–Crippen LogP) is 2.50. The molecule has 1 aromatic heterocycles. The molecule has 0 saturated heterocycles. The Morgan fingerprint density at radius 2 is 2.20 bits per heavy atom. The lowest BCUT2D eigenvalue weighted by molar-refractivity contribution is 0.177. The van der Waals surface area contributed by atoms with Crippen molar-refractivity contribution in [2.24, 2.45) is 0 Å². The number of anilines is 1. The Kier molecular flexibility index (Phi) is 3.82. The second-order valence-electron chi connectivity index (χ2n) is 4.39. The van der Waals surface area contributed by atoms with E-state index in [1.807, 2.05) is 0 Å². The van der Waals surface area contributed by atoms with Crippen LogP contribution >= 0.6 is 12.2 Å². The lowest BCUT2D eigenvalue weighted by Gasteiger charge is -2.22. The van der Waals surface area contributed by atoms with Crippen LogP contribution in [0.1, 0.15) is 26.6 Å². The third-order valence-electron chi connectivity index (χ3n) is 1.58. The van der Waals surface area contributed by atoms with Gasteiger partial charge in [-0.3, -0.25) is 0 Å². The van der Waals surface area contributed by atoms with Gasteiger partial charge in [-0.25, -0.2) is 4.98 Å². The molecule has 0 aliphatic heterocycles. The van der Waals surface area contributed by atoms with Crippen LogP contribution in [0.3, 0.4) is 0 Å². The standard InChI is InChI=1S/C10H17N3OS/c1-10(2,3)13-7-5-9(15)12-8(11-7)6-14-4/h5H,6H2,1-4H3,(H2,11,12,13,15). The second kappa shape index (κ2) is 4.72.